The summed E-state index contributed by atoms with van der Waals surface area (Å²) in [5.74, 6) is 0.100. The summed E-state index contributed by atoms with van der Waals surface area (Å²) in [5.41, 5.74) is 0.991. The van der Waals surface area contributed by atoms with Gasteiger partial charge in [0, 0.05) is 24.9 Å². The number of aliphatic hydroxyl groups is 1. The maximum atomic E-state index is 12.1. The molecule has 3 atom stereocenters. The summed E-state index contributed by atoms with van der Waals surface area (Å²) in [7, 11) is 0. The second-order valence-electron chi connectivity index (χ2n) is 7.14. The topological polar surface area (TPSA) is 101 Å². The minimum absolute atomic E-state index is 0.0665. The van der Waals surface area contributed by atoms with Gasteiger partial charge in [0.25, 0.3) is 0 Å². The molecule has 0 unspecified atom stereocenters. The number of carbonyl (C=O) groups is 2. The van der Waals surface area contributed by atoms with Crippen molar-refractivity contribution in [1.82, 2.24) is 15.6 Å². The van der Waals surface area contributed by atoms with Gasteiger partial charge >= 0.3 is 0 Å². The van der Waals surface area contributed by atoms with E-state index in [1.165, 1.54) is 0 Å². The van der Waals surface area contributed by atoms with Crippen molar-refractivity contribution < 1.29 is 19.4 Å². The molecule has 1 aromatic rings. The van der Waals surface area contributed by atoms with Crippen LogP contribution in [-0.2, 0) is 20.9 Å². The Bertz CT molecular complexity index is 606. The lowest BCUT2D eigenvalue weighted by atomic mass is 9.84. The van der Waals surface area contributed by atoms with Crippen LogP contribution in [0.3, 0.4) is 0 Å². The Morgan fingerprint density at radius 3 is 2.62 bits per heavy atom. The van der Waals surface area contributed by atoms with Gasteiger partial charge in [-0.25, -0.2) is 0 Å². The number of carbonyl (C=O) groups excluding carboxylic acids is 2. The smallest absolute Gasteiger partial charge is 0.223 e. The van der Waals surface area contributed by atoms with Crippen LogP contribution in [0, 0.1) is 5.92 Å². The molecule has 1 saturated carbocycles. The number of ether oxygens (including phenoxy) is 1. The van der Waals surface area contributed by atoms with Gasteiger partial charge in [0.05, 0.1) is 25.2 Å². The number of aromatic nitrogens is 1. The highest BCUT2D eigenvalue weighted by atomic mass is 16.5. The van der Waals surface area contributed by atoms with Crippen molar-refractivity contribution in [3.63, 3.8) is 0 Å². The number of pyridine rings is 1. The molecule has 2 heterocycles. The largest absolute Gasteiger partial charge is 0.394 e. The summed E-state index contributed by atoms with van der Waals surface area (Å²) in [6.45, 7) is 0.294. The number of hydrogen-bond donors (Lipinski definition) is 3. The molecular formula is C19H27N3O4. The van der Waals surface area contributed by atoms with E-state index in [1.807, 2.05) is 12.1 Å². The van der Waals surface area contributed by atoms with Crippen LogP contribution in [-0.4, -0.2) is 46.8 Å². The number of amides is 2. The van der Waals surface area contributed by atoms with Crippen molar-refractivity contribution in [1.29, 1.82) is 0 Å². The van der Waals surface area contributed by atoms with Gasteiger partial charge in [-0.1, -0.05) is 6.42 Å². The van der Waals surface area contributed by atoms with E-state index in [4.69, 9.17) is 4.74 Å². The van der Waals surface area contributed by atoms with E-state index in [2.05, 4.69) is 15.6 Å². The molecule has 1 aliphatic carbocycles. The van der Waals surface area contributed by atoms with E-state index in [1.54, 1.807) is 12.4 Å². The Balaban J connectivity index is 1.42. The minimum atomic E-state index is -0.453. The molecule has 7 heteroatoms. The third-order valence-corrected chi connectivity index (χ3v) is 5.25. The molecule has 2 fully saturated rings. The van der Waals surface area contributed by atoms with E-state index in [0.717, 1.165) is 24.8 Å². The zero-order chi connectivity index (χ0) is 18.4. The first-order chi connectivity index (χ1) is 12.7. The Hall–Kier alpha value is -1.99. The predicted octanol–water partition coefficient (Wildman–Crippen LogP) is 0.913. The average molecular weight is 361 g/mol. The van der Waals surface area contributed by atoms with E-state index in [0.29, 0.717) is 19.4 Å². The molecule has 3 rings (SSSR count). The third-order valence-electron chi connectivity index (χ3n) is 5.25. The fourth-order valence-electron chi connectivity index (χ4n) is 3.40. The van der Waals surface area contributed by atoms with Crippen molar-refractivity contribution >= 4 is 11.8 Å². The van der Waals surface area contributed by atoms with Gasteiger partial charge in [-0.05, 0) is 43.4 Å². The van der Waals surface area contributed by atoms with Crippen LogP contribution in [0.1, 0.15) is 44.1 Å². The number of nitrogens with zero attached hydrogens (tertiary/aromatic N) is 1. The molecule has 0 bridgehead atoms. The Morgan fingerprint density at radius 1 is 1.19 bits per heavy atom. The van der Waals surface area contributed by atoms with Crippen LogP contribution in [0.2, 0.25) is 0 Å². The second-order valence-corrected chi connectivity index (χ2v) is 7.14. The minimum Gasteiger partial charge on any atom is -0.394 e. The van der Waals surface area contributed by atoms with Crippen molar-refractivity contribution in [2.45, 2.75) is 63.3 Å². The van der Waals surface area contributed by atoms with E-state index >= 15 is 0 Å². The molecule has 0 radical (unpaired) electrons. The summed E-state index contributed by atoms with van der Waals surface area (Å²) in [6, 6.07) is 3.53. The van der Waals surface area contributed by atoms with Crippen LogP contribution >= 0.6 is 0 Å². The van der Waals surface area contributed by atoms with E-state index < -0.39 is 6.10 Å². The molecule has 1 saturated heterocycles. The summed E-state index contributed by atoms with van der Waals surface area (Å²) in [6.07, 6.45) is 7.36. The zero-order valence-electron chi connectivity index (χ0n) is 14.9. The fraction of sp³-hybridized carbons (Fsp3) is 0.632. The van der Waals surface area contributed by atoms with Gasteiger partial charge in [0.15, 0.2) is 0 Å². The number of rotatable bonds is 7. The third kappa shape index (κ3) is 5.02. The Kier molecular flexibility index (Phi) is 6.57. The molecule has 142 valence electrons. The lowest BCUT2D eigenvalue weighted by Crippen LogP contribution is -2.53. The monoisotopic (exact) mass is 361 g/mol. The predicted molar refractivity (Wildman–Crippen MR) is 95.0 cm³/mol. The fourth-order valence-corrected chi connectivity index (χ4v) is 3.40. The van der Waals surface area contributed by atoms with Crippen LogP contribution < -0.4 is 10.6 Å². The first kappa shape index (κ1) is 18.8. The molecular weight excluding hydrogens is 334 g/mol. The van der Waals surface area contributed by atoms with Gasteiger partial charge < -0.3 is 20.5 Å². The molecule has 1 aliphatic heterocycles. The van der Waals surface area contributed by atoms with Gasteiger partial charge in [-0.3, -0.25) is 14.6 Å². The van der Waals surface area contributed by atoms with Crippen molar-refractivity contribution in [3.05, 3.63) is 30.1 Å². The molecule has 0 aromatic carbocycles. The van der Waals surface area contributed by atoms with Gasteiger partial charge in [0.2, 0.25) is 11.8 Å². The van der Waals surface area contributed by atoms with Gasteiger partial charge in [0.1, 0.15) is 6.10 Å². The molecule has 1 aromatic heterocycles. The molecule has 2 aliphatic rings. The molecule has 2 amide bonds. The highest BCUT2D eigenvalue weighted by Crippen LogP contribution is 2.28. The van der Waals surface area contributed by atoms with Crippen LogP contribution in [0.15, 0.2) is 24.5 Å². The summed E-state index contributed by atoms with van der Waals surface area (Å²) < 4.78 is 5.87. The first-order valence-corrected chi connectivity index (χ1v) is 9.38. The average Bonchev–Trinajstić information content (AvgIpc) is 2.60. The van der Waals surface area contributed by atoms with Crippen LogP contribution in [0.5, 0.6) is 0 Å². The van der Waals surface area contributed by atoms with Crippen LogP contribution in [0.25, 0.3) is 0 Å². The normalized spacial score (nSPS) is 26.0. The molecule has 3 N–H and O–H groups in total. The highest BCUT2D eigenvalue weighted by molar-refractivity contribution is 5.79. The van der Waals surface area contributed by atoms with Gasteiger partial charge in [-0.15, -0.1) is 0 Å². The summed E-state index contributed by atoms with van der Waals surface area (Å²) >= 11 is 0. The van der Waals surface area contributed by atoms with E-state index in [9.17, 15) is 14.7 Å². The number of aliphatic hydroxyl groups excluding tert-OH is 1. The maximum absolute atomic E-state index is 12.1. The van der Waals surface area contributed by atoms with E-state index in [-0.39, 0.29) is 42.9 Å². The maximum Gasteiger partial charge on any atom is 0.223 e. The Labute approximate surface area is 153 Å². The number of nitrogens with one attached hydrogen (secondary N) is 2. The number of hydrogen-bond acceptors (Lipinski definition) is 5. The van der Waals surface area contributed by atoms with Crippen molar-refractivity contribution in [2.24, 2.45) is 5.92 Å². The highest BCUT2D eigenvalue weighted by Gasteiger charge is 2.35. The summed E-state index contributed by atoms with van der Waals surface area (Å²) in [4.78, 5) is 28.2. The standard InChI is InChI=1S/C19H27N3O4/c23-12-17-16(22-19(25)14-2-1-3-14)5-4-15(26-17)10-18(24)21-11-13-6-8-20-9-7-13/h6-9,14-17,23H,1-5,10-12H2,(H,21,24)(H,22,25)/t15-,16-,17-/m1/s1. The van der Waals surface area contributed by atoms with Crippen molar-refractivity contribution in [2.75, 3.05) is 6.61 Å². The molecule has 26 heavy (non-hydrogen) atoms. The molecule has 7 nitrogen and oxygen atoms in total. The molecule has 0 spiro atoms. The van der Waals surface area contributed by atoms with Gasteiger partial charge in [-0.2, -0.15) is 0 Å². The Morgan fingerprint density at radius 2 is 1.96 bits per heavy atom. The lowest BCUT2D eigenvalue weighted by molar-refractivity contribution is -0.138. The first-order valence-electron chi connectivity index (χ1n) is 9.38. The SMILES string of the molecule is O=C(C[C@H]1CC[C@@H](NC(=O)C2CCC2)[C@@H](CO)O1)NCc1ccncc1. The summed E-state index contributed by atoms with van der Waals surface area (Å²) in [5, 5.41) is 15.5. The van der Waals surface area contributed by atoms with Crippen molar-refractivity contribution in [3.8, 4) is 0 Å². The second kappa shape index (κ2) is 9.09. The zero-order valence-corrected chi connectivity index (χ0v) is 14.9. The lowest BCUT2D eigenvalue weighted by Gasteiger charge is -2.37. The van der Waals surface area contributed by atoms with Crippen LogP contribution in [0.4, 0.5) is 0 Å². The quantitative estimate of drug-likeness (QED) is 0.670.